The third-order valence-corrected chi connectivity index (χ3v) is 4.31. The number of rotatable bonds is 5. The Morgan fingerprint density at radius 2 is 1.89 bits per heavy atom. The maximum Gasteiger partial charge on any atom is 0.341 e. The van der Waals surface area contributed by atoms with Crippen LogP contribution in [-0.4, -0.2) is 22.0 Å². The molecule has 3 rings (SSSR count). The number of benzene rings is 2. The van der Waals surface area contributed by atoms with Crippen molar-refractivity contribution >= 4 is 34.4 Å². The Balaban J connectivity index is 1.85. The van der Waals surface area contributed by atoms with Gasteiger partial charge >= 0.3 is 5.97 Å². The molecule has 0 aliphatic heterocycles. The number of carboxylic acids is 1. The number of nitrogens with one attached hydrogen (secondary N) is 2. The highest BCUT2D eigenvalue weighted by atomic mass is 35.5. The molecule has 0 atom stereocenters. The monoisotopic (exact) mass is 406 g/mol. The number of carboxylic acid groups (broad SMARTS) is 1. The lowest BCUT2D eigenvalue weighted by atomic mass is 10.1. The van der Waals surface area contributed by atoms with Crippen LogP contribution in [0.5, 0.6) is 0 Å². The van der Waals surface area contributed by atoms with Crippen LogP contribution in [0.25, 0.3) is 10.9 Å². The van der Waals surface area contributed by atoms with Gasteiger partial charge in [0.05, 0.1) is 11.9 Å². The van der Waals surface area contributed by atoms with Gasteiger partial charge in [-0.1, -0.05) is 23.7 Å². The average Bonchev–Trinajstić information content (AvgIpc) is 2.63. The molecule has 0 radical (unpaired) electrons. The first-order chi connectivity index (χ1) is 13.3. The summed E-state index contributed by atoms with van der Waals surface area (Å²) < 4.78 is 26.9. The highest BCUT2D eigenvalue weighted by Crippen LogP contribution is 2.22. The standard InChI is InChI=1S/C19H13ClF2N2O4/c20-12-4-10-6-13(19(27)28)18(26)24-17(10)11(5-12)8-23-15(25)7-9-2-1-3-14(21)16(9)22/h1-6H,7-8H2,(H,23,25)(H,24,26)(H,27,28). The SMILES string of the molecule is O=C(Cc1cccc(F)c1F)NCc1cc(Cl)cc2cc(C(=O)O)c(=O)[nH]c12. The van der Waals surface area contributed by atoms with Gasteiger partial charge in [-0.2, -0.15) is 0 Å². The average molecular weight is 407 g/mol. The molecule has 0 saturated heterocycles. The van der Waals surface area contributed by atoms with Gasteiger partial charge in [0.25, 0.3) is 5.56 Å². The molecule has 0 aliphatic rings. The molecular weight excluding hydrogens is 394 g/mol. The van der Waals surface area contributed by atoms with E-state index < -0.39 is 34.6 Å². The predicted octanol–water partition coefficient (Wildman–Crippen LogP) is 3.02. The second-order valence-electron chi connectivity index (χ2n) is 6.01. The normalized spacial score (nSPS) is 10.8. The fourth-order valence-corrected chi connectivity index (χ4v) is 3.02. The van der Waals surface area contributed by atoms with Crippen LogP contribution in [0.4, 0.5) is 8.78 Å². The van der Waals surface area contributed by atoms with E-state index in [0.29, 0.717) is 16.5 Å². The van der Waals surface area contributed by atoms with E-state index in [9.17, 15) is 23.2 Å². The maximum absolute atomic E-state index is 13.7. The summed E-state index contributed by atoms with van der Waals surface area (Å²) in [5.41, 5.74) is -0.572. The number of H-pyrrole nitrogens is 1. The molecule has 1 aromatic heterocycles. The topological polar surface area (TPSA) is 99.3 Å². The summed E-state index contributed by atoms with van der Waals surface area (Å²) in [6, 6.07) is 7.73. The molecule has 6 nitrogen and oxygen atoms in total. The lowest BCUT2D eigenvalue weighted by Crippen LogP contribution is -2.25. The minimum absolute atomic E-state index is 0.0603. The number of halogens is 3. The van der Waals surface area contributed by atoms with Gasteiger partial charge in [0.1, 0.15) is 5.56 Å². The van der Waals surface area contributed by atoms with E-state index in [1.165, 1.54) is 30.3 Å². The van der Waals surface area contributed by atoms with Crippen LogP contribution in [0, 0.1) is 11.6 Å². The van der Waals surface area contributed by atoms with E-state index >= 15 is 0 Å². The van der Waals surface area contributed by atoms with Gasteiger partial charge in [0.15, 0.2) is 11.6 Å². The molecule has 0 aliphatic carbocycles. The number of amides is 1. The first-order valence-electron chi connectivity index (χ1n) is 8.04. The van der Waals surface area contributed by atoms with Gasteiger partial charge in [0, 0.05) is 22.5 Å². The first kappa shape index (κ1) is 19.5. The van der Waals surface area contributed by atoms with Crippen molar-refractivity contribution in [2.45, 2.75) is 13.0 Å². The lowest BCUT2D eigenvalue weighted by molar-refractivity contribution is -0.120. The second-order valence-corrected chi connectivity index (χ2v) is 6.45. The number of carbonyl (C=O) groups excluding carboxylic acids is 1. The number of fused-ring (bicyclic) bond motifs is 1. The lowest BCUT2D eigenvalue weighted by Gasteiger charge is -2.10. The number of hydrogen-bond acceptors (Lipinski definition) is 3. The molecule has 0 unspecified atom stereocenters. The zero-order chi connectivity index (χ0) is 20.4. The Bertz CT molecular complexity index is 1160. The van der Waals surface area contributed by atoms with Crippen LogP contribution < -0.4 is 10.9 Å². The zero-order valence-electron chi connectivity index (χ0n) is 14.2. The minimum Gasteiger partial charge on any atom is -0.477 e. The summed E-state index contributed by atoms with van der Waals surface area (Å²) in [7, 11) is 0. The smallest absolute Gasteiger partial charge is 0.341 e. The van der Waals surface area contributed by atoms with E-state index in [1.54, 1.807) is 0 Å². The van der Waals surface area contributed by atoms with E-state index in [0.717, 1.165) is 6.07 Å². The number of pyridine rings is 1. The van der Waals surface area contributed by atoms with Crippen molar-refractivity contribution in [3.63, 3.8) is 0 Å². The Labute approximate surface area is 161 Å². The molecule has 28 heavy (non-hydrogen) atoms. The van der Waals surface area contributed by atoms with E-state index in [4.69, 9.17) is 16.7 Å². The molecule has 1 heterocycles. The highest BCUT2D eigenvalue weighted by Gasteiger charge is 2.15. The Hall–Kier alpha value is -3.26. The van der Waals surface area contributed by atoms with E-state index in [-0.39, 0.29) is 23.6 Å². The van der Waals surface area contributed by atoms with Crippen molar-refractivity contribution in [3.05, 3.63) is 80.1 Å². The van der Waals surface area contributed by atoms with Crippen molar-refractivity contribution in [1.82, 2.24) is 10.3 Å². The molecule has 3 aromatic rings. The molecule has 144 valence electrons. The van der Waals surface area contributed by atoms with Crippen LogP contribution in [-0.2, 0) is 17.8 Å². The fraction of sp³-hybridized carbons (Fsp3) is 0.105. The number of aromatic nitrogens is 1. The number of hydrogen-bond donors (Lipinski definition) is 3. The van der Waals surface area contributed by atoms with Gasteiger partial charge in [-0.3, -0.25) is 9.59 Å². The van der Waals surface area contributed by atoms with E-state index in [1.807, 2.05) is 0 Å². The van der Waals surface area contributed by atoms with Crippen molar-refractivity contribution in [2.24, 2.45) is 0 Å². The zero-order valence-corrected chi connectivity index (χ0v) is 14.9. The molecule has 0 fully saturated rings. The van der Waals surface area contributed by atoms with Crippen molar-refractivity contribution in [2.75, 3.05) is 0 Å². The van der Waals surface area contributed by atoms with Crippen LogP contribution in [0.2, 0.25) is 5.02 Å². The Kier molecular flexibility index (Phi) is 5.41. The van der Waals surface area contributed by atoms with Gasteiger partial charge in [-0.15, -0.1) is 0 Å². The quantitative estimate of drug-likeness (QED) is 0.606. The van der Waals surface area contributed by atoms with Crippen LogP contribution in [0.3, 0.4) is 0 Å². The molecular formula is C19H13ClF2N2O4. The van der Waals surface area contributed by atoms with Gasteiger partial charge in [0.2, 0.25) is 5.91 Å². The van der Waals surface area contributed by atoms with Gasteiger partial charge in [-0.05, 0) is 29.8 Å². The van der Waals surface area contributed by atoms with E-state index in [2.05, 4.69) is 10.3 Å². The maximum atomic E-state index is 13.7. The van der Waals surface area contributed by atoms with Gasteiger partial charge < -0.3 is 15.4 Å². The molecule has 0 spiro atoms. The summed E-state index contributed by atoms with van der Waals surface area (Å²) in [5.74, 6) is -4.08. The van der Waals surface area contributed by atoms with Crippen molar-refractivity contribution in [1.29, 1.82) is 0 Å². The van der Waals surface area contributed by atoms with Crippen molar-refractivity contribution < 1.29 is 23.5 Å². The number of aromatic amines is 1. The summed E-state index contributed by atoms with van der Waals surface area (Å²) in [4.78, 5) is 37.6. The number of aromatic carboxylic acids is 1. The second kappa shape index (κ2) is 7.77. The highest BCUT2D eigenvalue weighted by molar-refractivity contribution is 6.31. The van der Waals surface area contributed by atoms with Crippen LogP contribution in [0.1, 0.15) is 21.5 Å². The predicted molar refractivity (Wildman–Crippen MR) is 98.4 cm³/mol. The van der Waals surface area contributed by atoms with Crippen LogP contribution >= 0.6 is 11.6 Å². The molecule has 1 amide bonds. The molecule has 0 bridgehead atoms. The number of carbonyl (C=O) groups is 2. The van der Waals surface area contributed by atoms with Gasteiger partial charge in [-0.25, -0.2) is 13.6 Å². The third kappa shape index (κ3) is 4.01. The first-order valence-corrected chi connectivity index (χ1v) is 8.42. The summed E-state index contributed by atoms with van der Waals surface area (Å²) in [5, 5.41) is 12.3. The fourth-order valence-electron chi connectivity index (χ4n) is 2.77. The third-order valence-electron chi connectivity index (χ3n) is 4.09. The molecule has 2 aromatic carbocycles. The molecule has 3 N–H and O–H groups in total. The Morgan fingerprint density at radius 1 is 1.14 bits per heavy atom. The van der Waals surface area contributed by atoms with Crippen molar-refractivity contribution in [3.8, 4) is 0 Å². The minimum atomic E-state index is -1.38. The summed E-state index contributed by atoms with van der Waals surface area (Å²) >= 11 is 6.04. The van der Waals surface area contributed by atoms with Crippen LogP contribution in [0.15, 0.2) is 41.2 Å². The summed E-state index contributed by atoms with van der Waals surface area (Å²) in [6.45, 7) is -0.0603. The Morgan fingerprint density at radius 3 is 2.61 bits per heavy atom. The molecule has 9 heteroatoms. The largest absolute Gasteiger partial charge is 0.477 e. The summed E-state index contributed by atoms with van der Waals surface area (Å²) in [6.07, 6.45) is -0.373. The molecule has 0 saturated carbocycles.